The summed E-state index contributed by atoms with van der Waals surface area (Å²) in [5.41, 5.74) is 8.01. The summed E-state index contributed by atoms with van der Waals surface area (Å²) in [7, 11) is 0. The minimum atomic E-state index is -0.102. The van der Waals surface area contributed by atoms with Gasteiger partial charge < -0.3 is 0 Å². The van der Waals surface area contributed by atoms with Crippen molar-refractivity contribution >= 4 is 15.9 Å². The monoisotopic (exact) mass is 189 g/mol. The molecule has 0 heterocycles. The summed E-state index contributed by atoms with van der Waals surface area (Å²) in [5.74, 6) is 0. The number of rotatable bonds is 3. The van der Waals surface area contributed by atoms with Crippen molar-refractivity contribution in [1.29, 1.82) is 0 Å². The van der Waals surface area contributed by atoms with E-state index < -0.39 is 0 Å². The van der Waals surface area contributed by atoms with Gasteiger partial charge in [-0.25, -0.2) is 0 Å². The number of azide groups is 1. The molecule has 50 valence electrons. The molecule has 0 aliphatic carbocycles. The van der Waals surface area contributed by atoms with E-state index in [9.17, 15) is 0 Å². The van der Waals surface area contributed by atoms with Gasteiger partial charge >= 0.3 is 0 Å². The van der Waals surface area contributed by atoms with Crippen molar-refractivity contribution in [2.45, 2.75) is 19.4 Å². The van der Waals surface area contributed by atoms with Gasteiger partial charge in [0.15, 0.2) is 0 Å². The maximum Gasteiger partial charge on any atom is 0.0682 e. The van der Waals surface area contributed by atoms with E-state index in [0.717, 1.165) is 10.9 Å². The van der Waals surface area contributed by atoms with Gasteiger partial charge in [-0.1, -0.05) is 34.5 Å². The Kier molecular flexibility index (Phi) is 4.18. The maximum absolute atomic E-state index is 8.01. The molecule has 0 aliphatic heterocycles. The summed E-state index contributed by atoms with van der Waals surface area (Å²) in [6.45, 7) is 5.53. The van der Waals surface area contributed by atoms with E-state index in [2.05, 4.69) is 32.5 Å². The Hall–Kier alpha value is -0.470. The van der Waals surface area contributed by atoms with E-state index in [-0.39, 0.29) is 6.04 Å². The Morgan fingerprint density at radius 1 is 2.00 bits per heavy atom. The largest absolute Gasteiger partial charge is 0.0884 e. The molecule has 0 aliphatic rings. The molecule has 0 saturated heterocycles. The predicted molar refractivity (Wildman–Crippen MR) is 41.3 cm³/mol. The fourth-order valence-corrected chi connectivity index (χ4v) is 0.843. The van der Waals surface area contributed by atoms with Crippen LogP contribution in [0.1, 0.15) is 13.3 Å². The molecular weight excluding hydrogens is 182 g/mol. The molecule has 0 aromatic rings. The second-order valence-corrected chi connectivity index (χ2v) is 2.59. The van der Waals surface area contributed by atoms with Crippen molar-refractivity contribution in [2.24, 2.45) is 5.11 Å². The number of hydrogen-bond donors (Lipinski definition) is 0. The molecule has 0 fully saturated rings. The van der Waals surface area contributed by atoms with Crippen molar-refractivity contribution < 1.29 is 0 Å². The second-order valence-electron chi connectivity index (χ2n) is 1.58. The smallest absolute Gasteiger partial charge is 0.0682 e. The van der Waals surface area contributed by atoms with E-state index in [4.69, 9.17) is 5.53 Å². The van der Waals surface area contributed by atoms with Crippen LogP contribution < -0.4 is 0 Å². The number of halogens is 1. The lowest BCUT2D eigenvalue weighted by molar-refractivity contribution is 0.769. The van der Waals surface area contributed by atoms with Crippen LogP contribution in [0.4, 0.5) is 0 Å². The number of hydrogen-bond acceptors (Lipinski definition) is 1. The molecule has 4 heteroatoms. The normalized spacial score (nSPS) is 11.8. The zero-order chi connectivity index (χ0) is 7.28. The average molecular weight is 190 g/mol. The molecular formula is C5H8BrN3. The Morgan fingerprint density at radius 3 is 2.67 bits per heavy atom. The lowest BCUT2D eigenvalue weighted by Gasteiger charge is -2.02. The van der Waals surface area contributed by atoms with E-state index >= 15 is 0 Å². The summed E-state index contributed by atoms with van der Waals surface area (Å²) in [6, 6.07) is -0.102. The van der Waals surface area contributed by atoms with Crippen LogP contribution in [0.5, 0.6) is 0 Å². The van der Waals surface area contributed by atoms with Crippen molar-refractivity contribution in [3.05, 3.63) is 21.5 Å². The molecule has 0 aromatic heterocycles. The van der Waals surface area contributed by atoms with Crippen molar-refractivity contribution in [3.63, 3.8) is 0 Å². The lowest BCUT2D eigenvalue weighted by Crippen LogP contribution is -1.98. The first kappa shape index (κ1) is 8.53. The van der Waals surface area contributed by atoms with Gasteiger partial charge in [-0.05, 0) is 16.4 Å². The molecule has 0 amide bonds. The fourth-order valence-electron chi connectivity index (χ4n) is 0.428. The molecule has 9 heavy (non-hydrogen) atoms. The molecule has 0 spiro atoms. The first-order valence-electron chi connectivity index (χ1n) is 2.60. The predicted octanol–water partition coefficient (Wildman–Crippen LogP) is 2.98. The number of nitrogens with zero attached hydrogens (tertiary/aromatic N) is 3. The molecule has 0 rings (SSSR count). The summed E-state index contributed by atoms with van der Waals surface area (Å²) >= 11 is 3.14. The Labute approximate surface area is 62.5 Å². The molecule has 0 saturated carbocycles. The molecule has 0 N–H and O–H groups in total. The van der Waals surface area contributed by atoms with Crippen molar-refractivity contribution in [2.75, 3.05) is 0 Å². The minimum Gasteiger partial charge on any atom is -0.0884 e. The van der Waals surface area contributed by atoms with Crippen LogP contribution >= 0.6 is 15.9 Å². The maximum atomic E-state index is 8.01. The molecule has 0 bridgehead atoms. The van der Waals surface area contributed by atoms with Crippen LogP contribution in [0.2, 0.25) is 0 Å². The fraction of sp³-hybridized carbons (Fsp3) is 0.600. The van der Waals surface area contributed by atoms with E-state index in [1.54, 1.807) is 0 Å². The van der Waals surface area contributed by atoms with Crippen LogP contribution in [-0.4, -0.2) is 6.04 Å². The molecule has 1 atom stereocenters. The Bertz CT molecular complexity index is 146. The van der Waals surface area contributed by atoms with Crippen molar-refractivity contribution in [1.82, 2.24) is 0 Å². The van der Waals surface area contributed by atoms with Crippen LogP contribution in [0, 0.1) is 0 Å². The molecule has 3 nitrogen and oxygen atoms in total. The topological polar surface area (TPSA) is 48.8 Å². The summed E-state index contributed by atoms with van der Waals surface area (Å²) in [4.78, 5) is 2.66. The van der Waals surface area contributed by atoms with E-state index in [1.807, 2.05) is 6.92 Å². The van der Waals surface area contributed by atoms with Gasteiger partial charge in [0.05, 0.1) is 6.04 Å². The molecule has 1 unspecified atom stereocenters. The van der Waals surface area contributed by atoms with Gasteiger partial charge in [0.25, 0.3) is 0 Å². The zero-order valence-corrected chi connectivity index (χ0v) is 6.80. The van der Waals surface area contributed by atoms with Crippen LogP contribution in [-0.2, 0) is 0 Å². The van der Waals surface area contributed by atoms with Gasteiger partial charge in [0.2, 0.25) is 0 Å². The SMILES string of the molecule is C=C(Br)C(CC)N=[N+]=[N-]. The highest BCUT2D eigenvalue weighted by atomic mass is 79.9. The van der Waals surface area contributed by atoms with Gasteiger partial charge in [0.1, 0.15) is 0 Å². The van der Waals surface area contributed by atoms with Crippen LogP contribution in [0.3, 0.4) is 0 Å². The van der Waals surface area contributed by atoms with Gasteiger partial charge in [-0.2, -0.15) is 0 Å². The third kappa shape index (κ3) is 3.16. The molecule has 0 aromatic carbocycles. The zero-order valence-electron chi connectivity index (χ0n) is 5.21. The van der Waals surface area contributed by atoms with Crippen molar-refractivity contribution in [3.8, 4) is 0 Å². The minimum absolute atomic E-state index is 0.102. The van der Waals surface area contributed by atoms with Gasteiger partial charge in [-0.3, -0.25) is 0 Å². The highest BCUT2D eigenvalue weighted by Gasteiger charge is 2.02. The second kappa shape index (κ2) is 4.41. The lowest BCUT2D eigenvalue weighted by atomic mass is 10.2. The quantitative estimate of drug-likeness (QED) is 0.373. The van der Waals surface area contributed by atoms with Gasteiger partial charge in [-0.15, -0.1) is 0 Å². The summed E-state index contributed by atoms with van der Waals surface area (Å²) in [5, 5.41) is 3.48. The first-order chi connectivity index (χ1) is 4.22. The van der Waals surface area contributed by atoms with Gasteiger partial charge in [0, 0.05) is 4.91 Å². The summed E-state index contributed by atoms with van der Waals surface area (Å²) in [6.07, 6.45) is 0.786. The standard InChI is InChI=1S/C5H8BrN3/c1-3-5(4(2)6)8-9-7/h5H,2-3H2,1H3. The molecule has 0 radical (unpaired) electrons. The average Bonchev–Trinajstić information content (AvgIpc) is 1.82. The first-order valence-corrected chi connectivity index (χ1v) is 3.40. The van der Waals surface area contributed by atoms with E-state index in [0.29, 0.717) is 0 Å². The Morgan fingerprint density at radius 2 is 2.56 bits per heavy atom. The third-order valence-electron chi connectivity index (χ3n) is 0.939. The highest BCUT2D eigenvalue weighted by Crippen LogP contribution is 2.14. The van der Waals surface area contributed by atoms with Crippen LogP contribution in [0.15, 0.2) is 16.2 Å². The highest BCUT2D eigenvalue weighted by molar-refractivity contribution is 9.11. The van der Waals surface area contributed by atoms with Crippen LogP contribution in [0.25, 0.3) is 10.4 Å². The Balaban J connectivity index is 3.98. The van der Waals surface area contributed by atoms with E-state index in [1.165, 1.54) is 0 Å². The summed E-state index contributed by atoms with van der Waals surface area (Å²) < 4.78 is 0.739. The third-order valence-corrected chi connectivity index (χ3v) is 1.47.